The molecular weight excluding hydrogens is 500 g/mol. The van der Waals surface area contributed by atoms with Gasteiger partial charge in [0.25, 0.3) is 0 Å². The smallest absolute Gasteiger partial charge is 0.239 e. The summed E-state index contributed by atoms with van der Waals surface area (Å²) in [6.07, 6.45) is 5.95. The van der Waals surface area contributed by atoms with Gasteiger partial charge in [-0.2, -0.15) is 0 Å². The summed E-state index contributed by atoms with van der Waals surface area (Å²) in [6, 6.07) is 13.9. The van der Waals surface area contributed by atoms with E-state index in [1.54, 1.807) is 48.5 Å². The second-order valence-corrected chi connectivity index (χ2v) is 11.5. The number of rotatable bonds is 5. The minimum Gasteiger partial charge on any atom is -0.361 e. The van der Waals surface area contributed by atoms with Crippen LogP contribution in [0.4, 0.5) is 11.6 Å². The monoisotopic (exact) mass is 528 g/mol. The molecule has 4 aromatic rings. The molecule has 1 saturated heterocycles. The Kier molecular flexibility index (Phi) is 7.13. The Bertz CT molecular complexity index is 1610. The quantitative estimate of drug-likeness (QED) is 0.339. The highest BCUT2D eigenvalue weighted by Gasteiger charge is 2.33. The molecule has 2 aromatic carbocycles. The Hall–Kier alpha value is -4.20. The lowest BCUT2D eigenvalue weighted by Gasteiger charge is -2.32. The zero-order valence-electron chi connectivity index (χ0n) is 20.9. The third kappa shape index (κ3) is 5.39. The Balaban J connectivity index is 1.21. The summed E-state index contributed by atoms with van der Waals surface area (Å²) in [5.74, 6) is 6.49. The van der Waals surface area contributed by atoms with Crippen LogP contribution in [0, 0.1) is 11.8 Å². The van der Waals surface area contributed by atoms with Crippen molar-refractivity contribution >= 4 is 38.3 Å². The van der Waals surface area contributed by atoms with Crippen LogP contribution in [0.25, 0.3) is 10.9 Å². The van der Waals surface area contributed by atoms with Crippen LogP contribution in [0.2, 0.25) is 0 Å². The number of hydrogen-bond donors (Lipinski definition) is 3. The van der Waals surface area contributed by atoms with E-state index in [1.165, 1.54) is 0 Å². The third-order valence-electron chi connectivity index (χ3n) is 6.61. The number of nitrogens with two attached hydrogens (primary N) is 1. The van der Waals surface area contributed by atoms with Gasteiger partial charge in [-0.05, 0) is 62.2 Å². The van der Waals surface area contributed by atoms with Crippen LogP contribution in [0.15, 0.2) is 72.0 Å². The third-order valence-corrected chi connectivity index (χ3v) is 8.89. The first-order valence-corrected chi connectivity index (χ1v) is 13.9. The maximum Gasteiger partial charge on any atom is 0.239 e. The lowest BCUT2D eigenvalue weighted by Crippen LogP contribution is -2.48. The van der Waals surface area contributed by atoms with Gasteiger partial charge >= 0.3 is 0 Å². The standard InChI is InChI=1S/C28H28N6O3S/c1-19(29)27(35)34-15-12-24(13-16-34)38(36,37)23-9-7-22(8-10-23)33-28-31-17-20(18-32-28)5-6-21-3-2-4-26-25(21)11-14-30-26/h2-4,7-11,14,17-19,24,30H,12-13,15-16,29H2,1H3,(H,31,32,33)/t19-/m0/s1. The van der Waals surface area contributed by atoms with Crippen LogP contribution < -0.4 is 11.1 Å². The van der Waals surface area contributed by atoms with Crippen LogP contribution in [0.5, 0.6) is 0 Å². The van der Waals surface area contributed by atoms with E-state index in [-0.39, 0.29) is 10.8 Å². The molecule has 1 aliphatic rings. The number of sulfone groups is 1. The van der Waals surface area contributed by atoms with Gasteiger partial charge in [0, 0.05) is 53.8 Å². The van der Waals surface area contributed by atoms with Crippen molar-refractivity contribution < 1.29 is 13.2 Å². The molecule has 1 fully saturated rings. The number of hydrogen-bond acceptors (Lipinski definition) is 7. The number of amides is 1. The fourth-order valence-corrected chi connectivity index (χ4v) is 6.25. The molecule has 2 aromatic heterocycles. The highest BCUT2D eigenvalue weighted by molar-refractivity contribution is 7.92. The Morgan fingerprint density at radius 2 is 1.79 bits per heavy atom. The van der Waals surface area contributed by atoms with Gasteiger partial charge in [-0.25, -0.2) is 18.4 Å². The Labute approximate surface area is 221 Å². The summed E-state index contributed by atoms with van der Waals surface area (Å²) < 4.78 is 26.3. The zero-order chi connectivity index (χ0) is 26.7. The fraction of sp³-hybridized carbons (Fsp3) is 0.250. The number of benzene rings is 2. The summed E-state index contributed by atoms with van der Waals surface area (Å²) in [5.41, 5.74) is 8.97. The first-order chi connectivity index (χ1) is 18.3. The molecule has 4 N–H and O–H groups in total. The van der Waals surface area contributed by atoms with Crippen LogP contribution in [0.1, 0.15) is 30.9 Å². The maximum atomic E-state index is 13.1. The largest absolute Gasteiger partial charge is 0.361 e. The summed E-state index contributed by atoms with van der Waals surface area (Å²) in [4.78, 5) is 25.8. The van der Waals surface area contributed by atoms with Crippen LogP contribution in [-0.4, -0.2) is 58.6 Å². The molecule has 10 heteroatoms. The molecular formula is C28H28N6O3S. The molecule has 1 amide bonds. The highest BCUT2D eigenvalue weighted by Crippen LogP contribution is 2.26. The number of aromatic nitrogens is 3. The van der Waals surface area contributed by atoms with Gasteiger partial charge in [0.2, 0.25) is 11.9 Å². The van der Waals surface area contributed by atoms with Gasteiger partial charge in [-0.3, -0.25) is 4.79 Å². The highest BCUT2D eigenvalue weighted by atomic mass is 32.2. The minimum absolute atomic E-state index is 0.145. The van der Waals surface area contributed by atoms with Gasteiger partial charge < -0.3 is 20.9 Å². The van der Waals surface area contributed by atoms with Crippen LogP contribution in [-0.2, 0) is 14.6 Å². The lowest BCUT2D eigenvalue weighted by atomic mass is 10.1. The molecule has 0 saturated carbocycles. The minimum atomic E-state index is -3.51. The first-order valence-electron chi connectivity index (χ1n) is 12.4. The van der Waals surface area contributed by atoms with Crippen LogP contribution >= 0.6 is 0 Å². The summed E-state index contributed by atoms with van der Waals surface area (Å²) in [7, 11) is -3.51. The lowest BCUT2D eigenvalue weighted by molar-refractivity contribution is -0.133. The maximum absolute atomic E-state index is 13.1. The topological polar surface area (TPSA) is 134 Å². The zero-order valence-corrected chi connectivity index (χ0v) is 21.7. The van der Waals surface area contributed by atoms with Crippen molar-refractivity contribution in [3.63, 3.8) is 0 Å². The molecule has 5 rings (SSSR count). The van der Waals surface area contributed by atoms with Crippen molar-refractivity contribution in [3.8, 4) is 11.8 Å². The van der Waals surface area contributed by atoms with Gasteiger partial charge in [0.1, 0.15) is 0 Å². The average molecular weight is 529 g/mol. The van der Waals surface area contributed by atoms with E-state index in [4.69, 9.17) is 5.73 Å². The SMILES string of the molecule is C[C@H](N)C(=O)N1CCC(S(=O)(=O)c2ccc(Nc3ncc(C#Cc4cccc5[nH]ccc45)cn3)cc2)CC1. The van der Waals surface area contributed by atoms with E-state index in [1.807, 2.05) is 30.5 Å². The number of carbonyl (C=O) groups excluding carboxylic acids is 1. The molecule has 9 nitrogen and oxygen atoms in total. The predicted molar refractivity (Wildman–Crippen MR) is 146 cm³/mol. The molecule has 0 spiro atoms. The normalized spacial score (nSPS) is 15.1. The van der Waals surface area contributed by atoms with Crippen molar-refractivity contribution in [2.45, 2.75) is 36.0 Å². The van der Waals surface area contributed by atoms with Gasteiger partial charge in [-0.15, -0.1) is 0 Å². The van der Waals surface area contributed by atoms with Crippen molar-refractivity contribution in [2.24, 2.45) is 5.73 Å². The van der Waals surface area contributed by atoms with E-state index in [9.17, 15) is 13.2 Å². The first kappa shape index (κ1) is 25.4. The predicted octanol–water partition coefficient (Wildman–Crippen LogP) is 3.21. The summed E-state index contributed by atoms with van der Waals surface area (Å²) in [5, 5.41) is 3.62. The molecule has 0 radical (unpaired) electrons. The number of H-pyrrole nitrogens is 1. The molecule has 0 aliphatic carbocycles. The average Bonchev–Trinajstić information content (AvgIpc) is 3.42. The van der Waals surface area contributed by atoms with Gasteiger partial charge in [0.05, 0.1) is 21.8 Å². The fourth-order valence-electron chi connectivity index (χ4n) is 4.52. The summed E-state index contributed by atoms with van der Waals surface area (Å²) >= 11 is 0. The number of piperidine rings is 1. The van der Waals surface area contributed by atoms with Crippen LogP contribution in [0.3, 0.4) is 0 Å². The number of nitrogens with zero attached hydrogens (tertiary/aromatic N) is 3. The number of anilines is 2. The number of fused-ring (bicyclic) bond motifs is 1. The van der Waals surface area contributed by atoms with E-state index < -0.39 is 21.1 Å². The Morgan fingerprint density at radius 3 is 2.47 bits per heavy atom. The van der Waals surface area contributed by atoms with E-state index in [0.29, 0.717) is 43.1 Å². The number of aromatic amines is 1. The van der Waals surface area contributed by atoms with E-state index >= 15 is 0 Å². The molecule has 0 unspecified atom stereocenters. The Morgan fingerprint density at radius 1 is 1.08 bits per heavy atom. The molecule has 0 bridgehead atoms. The molecule has 1 aliphatic heterocycles. The van der Waals surface area contributed by atoms with Crippen molar-refractivity contribution in [1.29, 1.82) is 0 Å². The van der Waals surface area contributed by atoms with Crippen molar-refractivity contribution in [2.75, 3.05) is 18.4 Å². The molecule has 194 valence electrons. The van der Waals surface area contributed by atoms with Gasteiger partial charge in [0.15, 0.2) is 9.84 Å². The molecule has 1 atom stereocenters. The van der Waals surface area contributed by atoms with Gasteiger partial charge in [-0.1, -0.05) is 17.9 Å². The van der Waals surface area contributed by atoms with E-state index in [2.05, 4.69) is 32.1 Å². The molecule has 3 heterocycles. The number of likely N-dealkylation sites (tertiary alicyclic amines) is 1. The number of nitrogens with one attached hydrogen (secondary N) is 2. The second-order valence-electron chi connectivity index (χ2n) is 9.30. The molecule has 38 heavy (non-hydrogen) atoms. The van der Waals surface area contributed by atoms with Crippen molar-refractivity contribution in [1.82, 2.24) is 19.9 Å². The van der Waals surface area contributed by atoms with E-state index in [0.717, 1.165) is 16.5 Å². The number of carbonyl (C=O) groups is 1. The van der Waals surface area contributed by atoms with Crippen molar-refractivity contribution in [3.05, 3.63) is 78.2 Å². The second kappa shape index (κ2) is 10.7. The summed E-state index contributed by atoms with van der Waals surface area (Å²) in [6.45, 7) is 2.42.